The van der Waals surface area contributed by atoms with Crippen LogP contribution in [-0.2, 0) is 4.79 Å². The van der Waals surface area contributed by atoms with Crippen LogP contribution in [0.25, 0.3) is 0 Å². The molecule has 1 aromatic rings. The fourth-order valence-electron chi connectivity index (χ4n) is 1.46. The number of Topliss-reactive ketones (excluding diaryl/α,β-unsaturated/α-hetero) is 1. The Kier molecular flexibility index (Phi) is 2.97. The van der Waals surface area contributed by atoms with Crippen LogP contribution in [0.2, 0.25) is 5.02 Å². The third-order valence-corrected chi connectivity index (χ3v) is 3.74. The molecule has 0 aromatic heterocycles. The second-order valence-electron chi connectivity index (χ2n) is 3.28. The summed E-state index contributed by atoms with van der Waals surface area (Å²) < 4.78 is 0.817. The molecule has 0 aliphatic carbocycles. The number of carbonyl (C=O) groups excluding carboxylic acids is 2. The maximum Gasteiger partial charge on any atom is 0.224 e. The van der Waals surface area contributed by atoms with E-state index >= 15 is 0 Å². The molecule has 1 heterocycles. The van der Waals surface area contributed by atoms with E-state index in [9.17, 15) is 9.59 Å². The highest BCUT2D eigenvalue weighted by Crippen LogP contribution is 2.29. The van der Waals surface area contributed by atoms with Gasteiger partial charge in [0, 0.05) is 22.0 Å². The van der Waals surface area contributed by atoms with E-state index in [-0.39, 0.29) is 24.5 Å². The summed E-state index contributed by atoms with van der Waals surface area (Å²) in [7, 11) is 0. The van der Waals surface area contributed by atoms with Crippen LogP contribution in [-0.4, -0.2) is 11.7 Å². The summed E-state index contributed by atoms with van der Waals surface area (Å²) in [4.78, 5) is 23.0. The van der Waals surface area contributed by atoms with Gasteiger partial charge in [0.25, 0.3) is 0 Å². The van der Waals surface area contributed by atoms with Gasteiger partial charge < -0.3 is 5.32 Å². The molecule has 0 radical (unpaired) electrons. The van der Waals surface area contributed by atoms with Crippen LogP contribution in [0, 0.1) is 3.57 Å². The third-order valence-electron chi connectivity index (χ3n) is 2.21. The smallest absolute Gasteiger partial charge is 0.224 e. The second kappa shape index (κ2) is 4.09. The van der Waals surface area contributed by atoms with Gasteiger partial charge in [-0.2, -0.15) is 0 Å². The van der Waals surface area contributed by atoms with E-state index in [0.717, 1.165) is 3.57 Å². The molecule has 3 nitrogen and oxygen atoms in total. The van der Waals surface area contributed by atoms with E-state index in [2.05, 4.69) is 27.9 Å². The number of anilines is 1. The summed E-state index contributed by atoms with van der Waals surface area (Å²) in [5.74, 6) is -0.155. The minimum Gasteiger partial charge on any atom is -0.325 e. The highest BCUT2D eigenvalue weighted by Gasteiger charge is 2.20. The van der Waals surface area contributed by atoms with Crippen LogP contribution in [0.15, 0.2) is 12.1 Å². The van der Waals surface area contributed by atoms with Gasteiger partial charge in [0.05, 0.1) is 10.7 Å². The predicted molar refractivity (Wildman–Crippen MR) is 66.4 cm³/mol. The van der Waals surface area contributed by atoms with Crippen LogP contribution in [0.4, 0.5) is 5.69 Å². The lowest BCUT2D eigenvalue weighted by Gasteiger charge is -2.07. The molecule has 2 rings (SSSR count). The number of hydrogen-bond donors (Lipinski definition) is 1. The van der Waals surface area contributed by atoms with E-state index in [1.807, 2.05) is 0 Å². The number of rotatable bonds is 0. The Labute approximate surface area is 105 Å². The Morgan fingerprint density at radius 1 is 1.27 bits per heavy atom. The lowest BCUT2D eigenvalue weighted by Crippen LogP contribution is -2.09. The monoisotopic (exact) mass is 335 g/mol. The molecule has 0 spiro atoms. The van der Waals surface area contributed by atoms with Crippen LogP contribution >= 0.6 is 34.2 Å². The van der Waals surface area contributed by atoms with E-state index in [1.165, 1.54) is 0 Å². The summed E-state index contributed by atoms with van der Waals surface area (Å²) >= 11 is 7.99. The molecule has 0 fully saturated rings. The van der Waals surface area contributed by atoms with Gasteiger partial charge >= 0.3 is 0 Å². The molecule has 0 unspecified atom stereocenters. The first-order valence-corrected chi connectivity index (χ1v) is 5.85. The summed E-state index contributed by atoms with van der Waals surface area (Å²) in [5.41, 5.74) is 1.07. The number of carbonyl (C=O) groups is 2. The first-order valence-electron chi connectivity index (χ1n) is 4.40. The fourth-order valence-corrected chi connectivity index (χ4v) is 2.09. The Balaban J connectivity index is 2.57. The first kappa shape index (κ1) is 10.9. The summed E-state index contributed by atoms with van der Waals surface area (Å²) in [5, 5.41) is 3.22. The predicted octanol–water partition coefficient (Wildman–Crippen LogP) is 2.86. The minimum absolute atomic E-state index is 0.0158. The van der Waals surface area contributed by atoms with Crippen LogP contribution < -0.4 is 5.32 Å². The van der Waals surface area contributed by atoms with Gasteiger partial charge in [-0.15, -0.1) is 0 Å². The van der Waals surface area contributed by atoms with Gasteiger partial charge in [-0.3, -0.25) is 9.59 Å². The topological polar surface area (TPSA) is 46.2 Å². The molecular formula is C10H7ClINO2. The van der Waals surface area contributed by atoms with Gasteiger partial charge in [-0.25, -0.2) is 0 Å². The van der Waals surface area contributed by atoms with Crippen LogP contribution in [0.5, 0.6) is 0 Å². The highest BCUT2D eigenvalue weighted by atomic mass is 127. The molecule has 0 atom stereocenters. The number of nitrogens with one attached hydrogen (secondary N) is 1. The van der Waals surface area contributed by atoms with Crippen molar-refractivity contribution in [3.8, 4) is 0 Å². The van der Waals surface area contributed by atoms with Gasteiger partial charge in [0.2, 0.25) is 5.91 Å². The molecule has 1 aromatic carbocycles. The summed E-state index contributed by atoms with van der Waals surface area (Å²) in [6, 6.07) is 3.34. The normalized spacial score (nSPS) is 15.6. The molecular weight excluding hydrogens is 328 g/mol. The Bertz CT molecular complexity index is 459. The number of fused-ring (bicyclic) bond motifs is 1. The van der Waals surface area contributed by atoms with Crippen molar-refractivity contribution >= 4 is 51.6 Å². The molecule has 5 heteroatoms. The zero-order valence-corrected chi connectivity index (χ0v) is 10.6. The average molecular weight is 336 g/mol. The molecule has 1 amide bonds. The average Bonchev–Trinajstić information content (AvgIpc) is 2.30. The van der Waals surface area contributed by atoms with Crippen molar-refractivity contribution in [2.75, 3.05) is 5.32 Å². The lowest BCUT2D eigenvalue weighted by molar-refractivity contribution is -0.116. The summed E-state index contributed by atoms with van der Waals surface area (Å²) in [6.45, 7) is 0. The SMILES string of the molecule is O=C1CCC(=O)c2cc(I)c(Cl)cc2N1. The number of halogens is 2. The van der Waals surface area contributed by atoms with Crippen LogP contribution in [0.1, 0.15) is 23.2 Å². The zero-order chi connectivity index (χ0) is 11.0. The van der Waals surface area contributed by atoms with Crippen molar-refractivity contribution in [1.82, 2.24) is 0 Å². The van der Waals surface area contributed by atoms with Crippen molar-refractivity contribution in [3.05, 3.63) is 26.3 Å². The van der Waals surface area contributed by atoms with E-state index in [4.69, 9.17) is 11.6 Å². The third kappa shape index (κ3) is 2.15. The van der Waals surface area contributed by atoms with Crippen molar-refractivity contribution < 1.29 is 9.59 Å². The molecule has 1 aliphatic heterocycles. The van der Waals surface area contributed by atoms with Crippen molar-refractivity contribution in [1.29, 1.82) is 0 Å². The number of ketones is 1. The first-order chi connectivity index (χ1) is 7.08. The van der Waals surface area contributed by atoms with Gasteiger partial charge in [0.1, 0.15) is 0 Å². The van der Waals surface area contributed by atoms with Gasteiger partial charge in [-0.05, 0) is 34.7 Å². The Morgan fingerprint density at radius 2 is 2.00 bits per heavy atom. The molecule has 0 saturated carbocycles. The maximum absolute atomic E-state index is 11.7. The van der Waals surface area contributed by atoms with E-state index < -0.39 is 0 Å². The Morgan fingerprint density at radius 3 is 2.73 bits per heavy atom. The molecule has 1 N–H and O–H groups in total. The van der Waals surface area contributed by atoms with Crippen molar-refractivity contribution in [2.24, 2.45) is 0 Å². The molecule has 15 heavy (non-hydrogen) atoms. The number of amides is 1. The molecule has 78 valence electrons. The minimum atomic E-state index is -0.139. The van der Waals surface area contributed by atoms with Crippen molar-refractivity contribution in [3.63, 3.8) is 0 Å². The molecule has 0 bridgehead atoms. The lowest BCUT2D eigenvalue weighted by atomic mass is 10.1. The number of hydrogen-bond acceptors (Lipinski definition) is 2. The quantitative estimate of drug-likeness (QED) is 0.741. The largest absolute Gasteiger partial charge is 0.325 e. The zero-order valence-electron chi connectivity index (χ0n) is 7.64. The van der Waals surface area contributed by atoms with Crippen molar-refractivity contribution in [2.45, 2.75) is 12.8 Å². The van der Waals surface area contributed by atoms with E-state index in [0.29, 0.717) is 16.3 Å². The van der Waals surface area contributed by atoms with E-state index in [1.54, 1.807) is 12.1 Å². The maximum atomic E-state index is 11.7. The standard InChI is InChI=1S/C10H7ClINO2/c11-6-4-8-5(3-7(6)12)9(14)1-2-10(15)13-8/h3-4H,1-2H2,(H,13,15). The molecule has 0 saturated heterocycles. The van der Waals surface area contributed by atoms with Gasteiger partial charge in [0.15, 0.2) is 5.78 Å². The Hall–Kier alpha value is -0.620. The molecule has 1 aliphatic rings. The summed E-state index contributed by atoms with van der Waals surface area (Å²) in [6.07, 6.45) is 0.498. The van der Waals surface area contributed by atoms with Crippen LogP contribution in [0.3, 0.4) is 0 Å². The second-order valence-corrected chi connectivity index (χ2v) is 4.85. The van der Waals surface area contributed by atoms with Gasteiger partial charge in [-0.1, -0.05) is 11.6 Å². The number of benzene rings is 1. The highest BCUT2D eigenvalue weighted by molar-refractivity contribution is 14.1. The fraction of sp³-hybridized carbons (Fsp3) is 0.200.